The number of amides is 2. The van der Waals surface area contributed by atoms with Crippen molar-refractivity contribution in [2.45, 2.75) is 161 Å². The molecule has 1 aliphatic carbocycles. The summed E-state index contributed by atoms with van der Waals surface area (Å²) in [6.07, 6.45) is 31.6. The van der Waals surface area contributed by atoms with Crippen LogP contribution >= 0.6 is 0 Å². The molecule has 1 heterocycles. The van der Waals surface area contributed by atoms with Gasteiger partial charge >= 0.3 is 0 Å². The van der Waals surface area contributed by atoms with Gasteiger partial charge in [-0.15, -0.1) is 6.58 Å². The van der Waals surface area contributed by atoms with Crippen LogP contribution in [-0.4, -0.2) is 23.3 Å². The minimum atomic E-state index is 0.0147. The first kappa shape index (κ1) is 31.1. The Balaban J connectivity index is 1.93. The Morgan fingerprint density at radius 3 is 1.50 bits per heavy atom. The van der Waals surface area contributed by atoms with Crippen molar-refractivity contribution >= 4 is 11.8 Å². The standard InChI is InChI=1S/C33H59NO2/c1-3-28-34-32(35)27-22-20-18-16-14-12-10-8-6-4-5-7-9-11-13-15-17-19-21-25-31(33(34)36)30-26-23-24-29(30)2/h3,29-31H,1,4-28H2,2H3. The summed E-state index contributed by atoms with van der Waals surface area (Å²) in [6.45, 7) is 6.55. The van der Waals surface area contributed by atoms with Crippen LogP contribution in [0, 0.1) is 17.8 Å². The zero-order valence-corrected chi connectivity index (χ0v) is 24.0. The lowest BCUT2D eigenvalue weighted by Crippen LogP contribution is -2.43. The molecule has 0 spiro atoms. The zero-order valence-electron chi connectivity index (χ0n) is 24.0. The minimum Gasteiger partial charge on any atom is -0.279 e. The molecular formula is C33H59NO2. The van der Waals surface area contributed by atoms with Crippen molar-refractivity contribution in [1.82, 2.24) is 4.90 Å². The molecule has 1 aliphatic heterocycles. The Kier molecular flexibility index (Phi) is 17.2. The predicted octanol–water partition coefficient (Wildman–Crippen LogP) is 9.79. The normalized spacial score (nSPS) is 28.8. The van der Waals surface area contributed by atoms with Crippen molar-refractivity contribution < 1.29 is 9.59 Å². The van der Waals surface area contributed by atoms with Gasteiger partial charge in [-0.1, -0.05) is 141 Å². The lowest BCUT2D eigenvalue weighted by atomic mass is 9.80. The second-order valence-electron chi connectivity index (χ2n) is 12.1. The van der Waals surface area contributed by atoms with E-state index in [1.807, 2.05) is 0 Å². The highest BCUT2D eigenvalue weighted by molar-refractivity contribution is 5.96. The third kappa shape index (κ3) is 12.4. The van der Waals surface area contributed by atoms with Crippen molar-refractivity contribution in [2.24, 2.45) is 17.8 Å². The van der Waals surface area contributed by atoms with Gasteiger partial charge in [-0.25, -0.2) is 0 Å². The molecule has 1 saturated heterocycles. The van der Waals surface area contributed by atoms with Crippen molar-refractivity contribution in [2.75, 3.05) is 6.54 Å². The van der Waals surface area contributed by atoms with Gasteiger partial charge in [0.2, 0.25) is 11.8 Å². The van der Waals surface area contributed by atoms with E-state index in [9.17, 15) is 9.59 Å². The summed E-state index contributed by atoms with van der Waals surface area (Å²) in [5.74, 6) is 1.18. The van der Waals surface area contributed by atoms with Gasteiger partial charge in [0.15, 0.2) is 0 Å². The van der Waals surface area contributed by atoms with E-state index in [-0.39, 0.29) is 17.7 Å². The van der Waals surface area contributed by atoms with Crippen molar-refractivity contribution in [3.8, 4) is 0 Å². The fourth-order valence-corrected chi connectivity index (χ4v) is 6.72. The molecule has 3 atom stereocenters. The first-order chi connectivity index (χ1) is 17.6. The smallest absolute Gasteiger partial charge is 0.232 e. The van der Waals surface area contributed by atoms with Crippen LogP contribution in [-0.2, 0) is 9.59 Å². The maximum atomic E-state index is 13.8. The molecule has 0 aromatic heterocycles. The molecule has 0 N–H and O–H groups in total. The SMILES string of the molecule is C=CCN1C(=O)CCCCCCCCCCCCCCCCCCCCCC(C2CCCC2C)C1=O. The van der Waals surface area contributed by atoms with Crippen molar-refractivity contribution in [1.29, 1.82) is 0 Å². The van der Waals surface area contributed by atoms with Crippen LogP contribution in [0.2, 0.25) is 0 Å². The number of imide groups is 1. The van der Waals surface area contributed by atoms with Gasteiger partial charge in [-0.3, -0.25) is 14.5 Å². The Morgan fingerprint density at radius 2 is 1.08 bits per heavy atom. The molecule has 0 aromatic rings. The average Bonchev–Trinajstić information content (AvgIpc) is 3.30. The lowest BCUT2D eigenvalue weighted by Gasteiger charge is -2.31. The van der Waals surface area contributed by atoms with Crippen LogP contribution in [0.3, 0.4) is 0 Å². The number of nitrogens with zero attached hydrogens (tertiary/aromatic N) is 1. The highest BCUT2D eigenvalue weighted by atomic mass is 16.2. The molecule has 36 heavy (non-hydrogen) atoms. The molecule has 2 amide bonds. The van der Waals surface area contributed by atoms with Crippen LogP contribution in [0.15, 0.2) is 12.7 Å². The minimum absolute atomic E-state index is 0.0147. The maximum absolute atomic E-state index is 13.8. The molecule has 1 saturated carbocycles. The highest BCUT2D eigenvalue weighted by Crippen LogP contribution is 2.40. The second kappa shape index (κ2) is 19.9. The van der Waals surface area contributed by atoms with E-state index in [0.717, 1.165) is 32.1 Å². The Bertz CT molecular complexity index is 600. The van der Waals surface area contributed by atoms with Gasteiger partial charge < -0.3 is 0 Å². The van der Waals surface area contributed by atoms with E-state index in [1.165, 1.54) is 116 Å². The topological polar surface area (TPSA) is 37.4 Å². The number of carbonyl (C=O) groups is 2. The van der Waals surface area contributed by atoms with E-state index in [4.69, 9.17) is 0 Å². The second-order valence-corrected chi connectivity index (χ2v) is 12.1. The van der Waals surface area contributed by atoms with Crippen LogP contribution in [0.4, 0.5) is 0 Å². The zero-order chi connectivity index (χ0) is 25.8. The Hall–Kier alpha value is -1.12. The number of hydrogen-bond donors (Lipinski definition) is 0. The molecule has 0 bridgehead atoms. The van der Waals surface area contributed by atoms with Crippen molar-refractivity contribution in [3.05, 3.63) is 12.7 Å². The monoisotopic (exact) mass is 501 g/mol. The molecule has 208 valence electrons. The largest absolute Gasteiger partial charge is 0.279 e. The van der Waals surface area contributed by atoms with Gasteiger partial charge in [-0.2, -0.15) is 0 Å². The quantitative estimate of drug-likeness (QED) is 0.285. The van der Waals surface area contributed by atoms with Crippen LogP contribution in [0.5, 0.6) is 0 Å². The van der Waals surface area contributed by atoms with Crippen molar-refractivity contribution in [3.63, 3.8) is 0 Å². The van der Waals surface area contributed by atoms with Gasteiger partial charge in [0.05, 0.1) is 0 Å². The molecule has 0 aromatic carbocycles. The van der Waals surface area contributed by atoms with Gasteiger partial charge in [-0.05, 0) is 31.1 Å². The summed E-state index contributed by atoms with van der Waals surface area (Å²) >= 11 is 0. The molecule has 2 aliphatic rings. The Morgan fingerprint density at radius 1 is 0.639 bits per heavy atom. The summed E-state index contributed by atoms with van der Waals surface area (Å²) in [4.78, 5) is 28.5. The fourth-order valence-electron chi connectivity index (χ4n) is 6.72. The summed E-state index contributed by atoms with van der Waals surface area (Å²) in [7, 11) is 0. The first-order valence-electron chi connectivity index (χ1n) is 16.1. The number of rotatable bonds is 3. The first-order valence-corrected chi connectivity index (χ1v) is 16.1. The maximum Gasteiger partial charge on any atom is 0.232 e. The van der Waals surface area contributed by atoms with E-state index in [0.29, 0.717) is 24.8 Å². The Labute approximate surface area is 224 Å². The van der Waals surface area contributed by atoms with E-state index in [1.54, 1.807) is 11.0 Å². The highest BCUT2D eigenvalue weighted by Gasteiger charge is 2.38. The molecule has 3 nitrogen and oxygen atoms in total. The average molecular weight is 502 g/mol. The summed E-state index contributed by atoms with van der Waals surface area (Å²) < 4.78 is 0. The van der Waals surface area contributed by atoms with E-state index in [2.05, 4.69) is 13.5 Å². The van der Waals surface area contributed by atoms with Crippen LogP contribution in [0.1, 0.15) is 161 Å². The lowest BCUT2D eigenvalue weighted by molar-refractivity contribution is -0.148. The van der Waals surface area contributed by atoms with Gasteiger partial charge in [0.1, 0.15) is 0 Å². The molecular weight excluding hydrogens is 442 g/mol. The summed E-state index contributed by atoms with van der Waals surface area (Å²) in [5.41, 5.74) is 0. The summed E-state index contributed by atoms with van der Waals surface area (Å²) in [5, 5.41) is 0. The van der Waals surface area contributed by atoms with E-state index >= 15 is 0 Å². The number of hydrogen-bond acceptors (Lipinski definition) is 2. The van der Waals surface area contributed by atoms with Crippen LogP contribution < -0.4 is 0 Å². The number of carbonyl (C=O) groups excluding carboxylic acids is 2. The molecule has 3 unspecified atom stereocenters. The third-order valence-electron chi connectivity index (χ3n) is 9.05. The van der Waals surface area contributed by atoms with Crippen LogP contribution in [0.25, 0.3) is 0 Å². The molecule has 3 heteroatoms. The predicted molar refractivity (Wildman–Crippen MR) is 154 cm³/mol. The summed E-state index contributed by atoms with van der Waals surface area (Å²) in [6, 6.07) is 0. The molecule has 0 radical (unpaired) electrons. The molecule has 2 rings (SSSR count). The van der Waals surface area contributed by atoms with E-state index < -0.39 is 0 Å². The molecule has 2 fully saturated rings. The van der Waals surface area contributed by atoms with Gasteiger partial charge in [0, 0.05) is 18.9 Å². The van der Waals surface area contributed by atoms with Gasteiger partial charge in [0.25, 0.3) is 0 Å². The third-order valence-corrected chi connectivity index (χ3v) is 9.05. The fraction of sp³-hybridized carbons (Fsp3) is 0.879.